The van der Waals surface area contributed by atoms with Crippen molar-refractivity contribution in [2.75, 3.05) is 46.4 Å². The highest BCUT2D eigenvalue weighted by Crippen LogP contribution is 2.41. The SMILES string of the molecule is CCNC(=NCC1(CC)CCCC1)NCC1CN(C)CCO1.I. The van der Waals surface area contributed by atoms with Gasteiger partial charge in [-0.1, -0.05) is 19.8 Å². The molecule has 1 saturated carbocycles. The second-order valence-corrected chi connectivity index (χ2v) is 6.89. The first-order chi connectivity index (χ1) is 10.7. The summed E-state index contributed by atoms with van der Waals surface area (Å²) in [6.45, 7) is 9.96. The molecule has 0 spiro atoms. The summed E-state index contributed by atoms with van der Waals surface area (Å²) < 4.78 is 5.81. The molecule has 23 heavy (non-hydrogen) atoms. The molecular formula is C17H35IN4O. The van der Waals surface area contributed by atoms with Gasteiger partial charge in [0.25, 0.3) is 0 Å². The molecule has 0 amide bonds. The maximum Gasteiger partial charge on any atom is 0.191 e. The Morgan fingerprint density at radius 2 is 2.00 bits per heavy atom. The van der Waals surface area contributed by atoms with E-state index in [1.54, 1.807) is 0 Å². The minimum Gasteiger partial charge on any atom is -0.374 e. The van der Waals surface area contributed by atoms with Gasteiger partial charge in [-0.2, -0.15) is 0 Å². The number of hydrogen-bond donors (Lipinski definition) is 2. The molecule has 1 atom stereocenters. The monoisotopic (exact) mass is 438 g/mol. The van der Waals surface area contributed by atoms with Crippen LogP contribution in [0.25, 0.3) is 0 Å². The number of hydrogen-bond acceptors (Lipinski definition) is 3. The number of halogens is 1. The number of nitrogens with zero attached hydrogens (tertiary/aromatic N) is 2. The van der Waals surface area contributed by atoms with Crippen molar-refractivity contribution in [2.24, 2.45) is 10.4 Å². The van der Waals surface area contributed by atoms with Crippen LogP contribution in [0.5, 0.6) is 0 Å². The van der Waals surface area contributed by atoms with Crippen LogP contribution in [0, 0.1) is 5.41 Å². The van der Waals surface area contributed by atoms with Crippen LogP contribution >= 0.6 is 24.0 Å². The molecule has 1 heterocycles. The van der Waals surface area contributed by atoms with Gasteiger partial charge in [0.15, 0.2) is 5.96 Å². The molecule has 2 rings (SSSR count). The predicted octanol–water partition coefficient (Wildman–Crippen LogP) is 2.46. The third-order valence-corrected chi connectivity index (χ3v) is 5.17. The Bertz CT molecular complexity index is 359. The smallest absolute Gasteiger partial charge is 0.191 e. The van der Waals surface area contributed by atoms with E-state index in [4.69, 9.17) is 9.73 Å². The van der Waals surface area contributed by atoms with Gasteiger partial charge in [0, 0.05) is 32.7 Å². The van der Waals surface area contributed by atoms with Crippen LogP contribution in [0.2, 0.25) is 0 Å². The third-order valence-electron chi connectivity index (χ3n) is 5.17. The maximum absolute atomic E-state index is 5.81. The van der Waals surface area contributed by atoms with Crippen molar-refractivity contribution in [2.45, 2.75) is 52.1 Å². The molecule has 5 nitrogen and oxygen atoms in total. The number of nitrogens with one attached hydrogen (secondary N) is 2. The van der Waals surface area contributed by atoms with Crippen molar-refractivity contribution in [3.8, 4) is 0 Å². The van der Waals surface area contributed by atoms with E-state index in [1.807, 2.05) is 0 Å². The summed E-state index contributed by atoms with van der Waals surface area (Å²) in [6.07, 6.45) is 6.91. The van der Waals surface area contributed by atoms with E-state index in [0.717, 1.165) is 45.3 Å². The molecule has 0 aromatic carbocycles. The number of likely N-dealkylation sites (N-methyl/N-ethyl adjacent to an activating group) is 1. The minimum atomic E-state index is 0. The van der Waals surface area contributed by atoms with E-state index in [9.17, 15) is 0 Å². The van der Waals surface area contributed by atoms with Crippen molar-refractivity contribution in [1.29, 1.82) is 0 Å². The molecule has 6 heteroatoms. The van der Waals surface area contributed by atoms with Crippen molar-refractivity contribution in [1.82, 2.24) is 15.5 Å². The standard InChI is InChI=1S/C17H34N4O.HI/c1-4-17(8-6-7-9-17)14-20-16(18-5-2)19-12-15-13-21(3)10-11-22-15;/h15H,4-14H2,1-3H3,(H2,18,19,20);1H. The van der Waals surface area contributed by atoms with Crippen LogP contribution < -0.4 is 10.6 Å². The van der Waals surface area contributed by atoms with Gasteiger partial charge in [-0.15, -0.1) is 24.0 Å². The van der Waals surface area contributed by atoms with E-state index in [1.165, 1.54) is 32.1 Å². The number of rotatable bonds is 6. The Balaban J connectivity index is 0.00000264. The van der Waals surface area contributed by atoms with Gasteiger partial charge >= 0.3 is 0 Å². The highest BCUT2D eigenvalue weighted by Gasteiger charge is 2.31. The molecule has 1 aliphatic heterocycles. The first kappa shape index (κ1) is 21.0. The lowest BCUT2D eigenvalue weighted by Crippen LogP contribution is -2.48. The summed E-state index contributed by atoms with van der Waals surface area (Å²) in [4.78, 5) is 7.19. The number of aliphatic imine (C=N–C) groups is 1. The van der Waals surface area contributed by atoms with Gasteiger partial charge in [0.1, 0.15) is 0 Å². The third kappa shape index (κ3) is 6.74. The van der Waals surface area contributed by atoms with Gasteiger partial charge in [-0.25, -0.2) is 0 Å². The highest BCUT2D eigenvalue weighted by molar-refractivity contribution is 14.0. The summed E-state index contributed by atoms with van der Waals surface area (Å²) >= 11 is 0. The average molecular weight is 438 g/mol. The predicted molar refractivity (Wildman–Crippen MR) is 108 cm³/mol. The van der Waals surface area contributed by atoms with Crippen molar-refractivity contribution < 1.29 is 4.74 Å². The van der Waals surface area contributed by atoms with Crippen LogP contribution in [0.3, 0.4) is 0 Å². The van der Waals surface area contributed by atoms with Gasteiger partial charge < -0.3 is 20.3 Å². The summed E-state index contributed by atoms with van der Waals surface area (Å²) in [5.41, 5.74) is 0.448. The Kier molecular flexibility index (Phi) is 9.77. The van der Waals surface area contributed by atoms with Crippen LogP contribution in [0.4, 0.5) is 0 Å². The lowest BCUT2D eigenvalue weighted by molar-refractivity contribution is -0.0161. The largest absolute Gasteiger partial charge is 0.374 e. The zero-order valence-electron chi connectivity index (χ0n) is 15.1. The average Bonchev–Trinajstić information content (AvgIpc) is 3.00. The molecule has 0 radical (unpaired) electrons. The first-order valence-corrected chi connectivity index (χ1v) is 9.00. The van der Waals surface area contributed by atoms with Gasteiger partial charge in [0.2, 0.25) is 0 Å². The van der Waals surface area contributed by atoms with Crippen LogP contribution in [-0.4, -0.2) is 63.3 Å². The van der Waals surface area contributed by atoms with Crippen LogP contribution in [0.1, 0.15) is 46.0 Å². The van der Waals surface area contributed by atoms with Crippen molar-refractivity contribution in [3.63, 3.8) is 0 Å². The van der Waals surface area contributed by atoms with E-state index >= 15 is 0 Å². The molecule has 0 aromatic heterocycles. The van der Waals surface area contributed by atoms with Crippen molar-refractivity contribution >= 4 is 29.9 Å². The molecule has 2 N–H and O–H groups in total. The highest BCUT2D eigenvalue weighted by atomic mass is 127. The minimum absolute atomic E-state index is 0. The van der Waals surface area contributed by atoms with Gasteiger partial charge in [-0.3, -0.25) is 4.99 Å². The second kappa shape index (κ2) is 10.7. The summed E-state index contributed by atoms with van der Waals surface area (Å²) in [5, 5.41) is 6.83. The lowest BCUT2D eigenvalue weighted by atomic mass is 9.84. The fraction of sp³-hybridized carbons (Fsp3) is 0.941. The molecular weight excluding hydrogens is 403 g/mol. The number of ether oxygens (including phenoxy) is 1. The van der Waals surface area contributed by atoms with Gasteiger partial charge in [0.05, 0.1) is 12.7 Å². The molecule has 0 aromatic rings. The fourth-order valence-electron chi connectivity index (χ4n) is 3.54. The zero-order valence-corrected chi connectivity index (χ0v) is 17.4. The van der Waals surface area contributed by atoms with Crippen molar-refractivity contribution in [3.05, 3.63) is 0 Å². The first-order valence-electron chi connectivity index (χ1n) is 9.00. The molecule has 136 valence electrons. The van der Waals surface area contributed by atoms with E-state index < -0.39 is 0 Å². The lowest BCUT2D eigenvalue weighted by Gasteiger charge is -2.30. The Labute approximate surface area is 159 Å². The fourth-order valence-corrected chi connectivity index (χ4v) is 3.54. The molecule has 1 aliphatic carbocycles. The van der Waals surface area contributed by atoms with E-state index in [0.29, 0.717) is 5.41 Å². The Hall–Kier alpha value is -0.0800. The quantitative estimate of drug-likeness (QED) is 0.380. The summed E-state index contributed by atoms with van der Waals surface area (Å²) in [7, 11) is 2.15. The zero-order chi connectivity index (χ0) is 15.8. The summed E-state index contributed by atoms with van der Waals surface area (Å²) in [6, 6.07) is 0. The molecule has 2 aliphatic rings. The molecule has 0 bridgehead atoms. The Morgan fingerprint density at radius 1 is 1.26 bits per heavy atom. The molecule has 1 saturated heterocycles. The summed E-state index contributed by atoms with van der Waals surface area (Å²) in [5.74, 6) is 0.944. The second-order valence-electron chi connectivity index (χ2n) is 6.89. The molecule has 1 unspecified atom stereocenters. The van der Waals surface area contributed by atoms with E-state index in [-0.39, 0.29) is 30.1 Å². The normalized spacial score (nSPS) is 25.0. The topological polar surface area (TPSA) is 48.9 Å². The maximum atomic E-state index is 5.81. The van der Waals surface area contributed by atoms with Gasteiger partial charge in [-0.05, 0) is 38.6 Å². The van der Waals surface area contributed by atoms with Crippen LogP contribution in [0.15, 0.2) is 4.99 Å². The Morgan fingerprint density at radius 3 is 2.61 bits per heavy atom. The number of morpholine rings is 1. The van der Waals surface area contributed by atoms with Crippen LogP contribution in [-0.2, 0) is 4.74 Å². The number of guanidine groups is 1. The van der Waals surface area contributed by atoms with E-state index in [2.05, 4.69) is 36.4 Å². The molecule has 2 fully saturated rings.